The number of carbonyl (C=O) groups is 2. The third kappa shape index (κ3) is 2.86. The van der Waals surface area contributed by atoms with Gasteiger partial charge in [-0.3, -0.25) is 4.79 Å². The summed E-state index contributed by atoms with van der Waals surface area (Å²) in [4.78, 5) is 25.5. The van der Waals surface area contributed by atoms with Crippen LogP contribution in [0.5, 0.6) is 0 Å². The van der Waals surface area contributed by atoms with E-state index in [2.05, 4.69) is 10.6 Å². The quantitative estimate of drug-likeness (QED) is 0.892. The maximum Gasteiger partial charge on any atom is 0.315 e. The van der Waals surface area contributed by atoms with Crippen LogP contribution in [0.15, 0.2) is 18.2 Å². The molecule has 0 aliphatic carbocycles. The second-order valence-corrected chi connectivity index (χ2v) is 5.95. The van der Waals surface area contributed by atoms with Crippen LogP contribution in [0.2, 0.25) is 0 Å². The van der Waals surface area contributed by atoms with Crippen molar-refractivity contribution in [2.24, 2.45) is 0 Å². The lowest BCUT2D eigenvalue weighted by molar-refractivity contribution is -0.121. The van der Waals surface area contributed by atoms with Crippen molar-refractivity contribution in [2.75, 3.05) is 18.5 Å². The van der Waals surface area contributed by atoms with Crippen molar-refractivity contribution in [3.63, 3.8) is 0 Å². The third-order valence-corrected chi connectivity index (χ3v) is 3.92. The zero-order valence-corrected chi connectivity index (χ0v) is 13.1. The van der Waals surface area contributed by atoms with Gasteiger partial charge in [0.1, 0.15) is 0 Å². The molecule has 0 spiro atoms. The molecule has 0 unspecified atom stereocenters. The molecule has 0 radical (unpaired) electrons. The van der Waals surface area contributed by atoms with Crippen LogP contribution < -0.4 is 15.5 Å². The van der Waals surface area contributed by atoms with E-state index in [1.807, 2.05) is 39.0 Å². The molecule has 1 aliphatic rings. The van der Waals surface area contributed by atoms with Crippen LogP contribution in [0, 0.1) is 0 Å². The first-order valence-electron chi connectivity index (χ1n) is 7.31. The molecule has 2 N–H and O–H groups in total. The minimum Gasteiger partial charge on any atom is -0.338 e. The summed E-state index contributed by atoms with van der Waals surface area (Å²) in [5, 5.41) is 5.60. The largest absolute Gasteiger partial charge is 0.338 e. The van der Waals surface area contributed by atoms with Gasteiger partial charge in [0.05, 0.1) is 5.41 Å². The fourth-order valence-corrected chi connectivity index (χ4v) is 2.61. The van der Waals surface area contributed by atoms with Gasteiger partial charge in [-0.1, -0.05) is 19.1 Å². The predicted molar refractivity (Wildman–Crippen MR) is 83.4 cm³/mol. The molecule has 114 valence electrons. The molecule has 0 saturated carbocycles. The van der Waals surface area contributed by atoms with Gasteiger partial charge in [-0.25, -0.2) is 4.79 Å². The Kier molecular flexibility index (Phi) is 4.21. The van der Waals surface area contributed by atoms with Gasteiger partial charge in [0, 0.05) is 25.8 Å². The molecular formula is C16H23N3O2. The predicted octanol–water partition coefficient (Wildman–Crippen LogP) is 2.15. The molecule has 5 nitrogen and oxygen atoms in total. The molecule has 1 aliphatic heterocycles. The van der Waals surface area contributed by atoms with E-state index in [0.717, 1.165) is 23.2 Å². The first-order valence-corrected chi connectivity index (χ1v) is 7.31. The van der Waals surface area contributed by atoms with Crippen LogP contribution in [0.4, 0.5) is 10.5 Å². The summed E-state index contributed by atoms with van der Waals surface area (Å²) in [6, 6.07) is 5.74. The summed E-state index contributed by atoms with van der Waals surface area (Å²) in [7, 11) is 1.80. The number of hydrogen-bond acceptors (Lipinski definition) is 2. The van der Waals surface area contributed by atoms with Crippen molar-refractivity contribution < 1.29 is 9.59 Å². The number of fused-ring (bicyclic) bond motifs is 1. The number of benzene rings is 1. The molecule has 0 atom stereocenters. The Morgan fingerprint density at radius 2 is 2.00 bits per heavy atom. The van der Waals surface area contributed by atoms with E-state index >= 15 is 0 Å². The molecule has 0 fully saturated rings. The fourth-order valence-electron chi connectivity index (χ4n) is 2.61. The second kappa shape index (κ2) is 5.76. The van der Waals surface area contributed by atoms with Gasteiger partial charge in [0.25, 0.3) is 0 Å². The smallest absolute Gasteiger partial charge is 0.315 e. The van der Waals surface area contributed by atoms with E-state index in [1.165, 1.54) is 0 Å². The highest BCUT2D eigenvalue weighted by molar-refractivity contribution is 6.07. The van der Waals surface area contributed by atoms with Gasteiger partial charge < -0.3 is 15.5 Å². The van der Waals surface area contributed by atoms with E-state index in [9.17, 15) is 9.59 Å². The van der Waals surface area contributed by atoms with Crippen molar-refractivity contribution in [1.82, 2.24) is 10.6 Å². The number of hydrogen-bond donors (Lipinski definition) is 2. The van der Waals surface area contributed by atoms with Crippen LogP contribution in [0.1, 0.15) is 38.3 Å². The van der Waals surface area contributed by atoms with Crippen LogP contribution in [-0.2, 0) is 16.8 Å². The highest BCUT2D eigenvalue weighted by Gasteiger charge is 2.42. The molecule has 1 heterocycles. The fraction of sp³-hybridized carbons (Fsp3) is 0.500. The summed E-state index contributed by atoms with van der Waals surface area (Å²) in [5.74, 6) is 0.100. The van der Waals surface area contributed by atoms with Gasteiger partial charge in [-0.2, -0.15) is 0 Å². The number of carbonyl (C=O) groups excluding carboxylic acids is 2. The SMILES string of the molecule is CCCNC(=O)NCc1ccc2c(c1)C(C)(C)C(=O)N2C. The Morgan fingerprint density at radius 3 is 2.67 bits per heavy atom. The van der Waals surface area contributed by atoms with Crippen LogP contribution in [0.25, 0.3) is 0 Å². The maximum atomic E-state index is 12.2. The Labute approximate surface area is 125 Å². The molecule has 1 aromatic rings. The number of rotatable bonds is 4. The number of amides is 3. The zero-order valence-electron chi connectivity index (χ0n) is 13.1. The van der Waals surface area contributed by atoms with E-state index in [1.54, 1.807) is 11.9 Å². The average Bonchev–Trinajstić information content (AvgIpc) is 2.64. The number of urea groups is 1. The molecule has 21 heavy (non-hydrogen) atoms. The lowest BCUT2D eigenvalue weighted by Crippen LogP contribution is -2.35. The number of anilines is 1. The van der Waals surface area contributed by atoms with Crippen molar-refractivity contribution in [2.45, 2.75) is 39.2 Å². The first-order chi connectivity index (χ1) is 9.87. The molecule has 5 heteroatoms. The van der Waals surface area contributed by atoms with Gasteiger partial charge in [0.2, 0.25) is 5.91 Å². The molecule has 3 amide bonds. The highest BCUT2D eigenvalue weighted by Crippen LogP contribution is 2.40. The van der Waals surface area contributed by atoms with Crippen molar-refractivity contribution in [1.29, 1.82) is 0 Å². The molecule has 1 aromatic carbocycles. The Morgan fingerprint density at radius 1 is 1.29 bits per heavy atom. The third-order valence-electron chi connectivity index (χ3n) is 3.92. The average molecular weight is 289 g/mol. The molecule has 2 rings (SSSR count). The van der Waals surface area contributed by atoms with E-state index in [-0.39, 0.29) is 11.9 Å². The lowest BCUT2D eigenvalue weighted by Gasteiger charge is -2.16. The molecule has 0 bridgehead atoms. The number of nitrogens with zero attached hydrogens (tertiary/aromatic N) is 1. The minimum atomic E-state index is -0.509. The van der Waals surface area contributed by atoms with Gasteiger partial charge in [-0.15, -0.1) is 0 Å². The van der Waals surface area contributed by atoms with Crippen LogP contribution in [-0.4, -0.2) is 25.5 Å². The van der Waals surface area contributed by atoms with E-state index < -0.39 is 5.41 Å². The summed E-state index contributed by atoms with van der Waals surface area (Å²) in [5.41, 5.74) is 2.45. The minimum absolute atomic E-state index is 0.100. The summed E-state index contributed by atoms with van der Waals surface area (Å²) in [6.45, 7) is 7.00. The Bertz CT molecular complexity index is 567. The summed E-state index contributed by atoms with van der Waals surface area (Å²) in [6.07, 6.45) is 0.912. The Hall–Kier alpha value is -2.04. The maximum absolute atomic E-state index is 12.2. The standard InChI is InChI=1S/C16H23N3O2/c1-5-8-17-15(21)18-10-11-6-7-13-12(9-11)16(2,3)14(20)19(13)4/h6-7,9H,5,8,10H2,1-4H3,(H2,17,18,21). The van der Waals surface area contributed by atoms with Crippen LogP contribution >= 0.6 is 0 Å². The zero-order chi connectivity index (χ0) is 15.6. The van der Waals surface area contributed by atoms with E-state index in [0.29, 0.717) is 13.1 Å². The normalized spacial score (nSPS) is 15.8. The number of likely N-dealkylation sites (N-methyl/N-ethyl adjacent to an activating group) is 1. The van der Waals surface area contributed by atoms with Gasteiger partial charge >= 0.3 is 6.03 Å². The van der Waals surface area contributed by atoms with Crippen molar-refractivity contribution in [3.8, 4) is 0 Å². The lowest BCUT2D eigenvalue weighted by atomic mass is 9.85. The first kappa shape index (κ1) is 15.4. The molecular weight excluding hydrogens is 266 g/mol. The topological polar surface area (TPSA) is 61.4 Å². The van der Waals surface area contributed by atoms with Crippen LogP contribution in [0.3, 0.4) is 0 Å². The summed E-state index contributed by atoms with van der Waals surface area (Å²) >= 11 is 0. The van der Waals surface area contributed by atoms with Crippen molar-refractivity contribution in [3.05, 3.63) is 29.3 Å². The Balaban J connectivity index is 2.10. The number of nitrogens with one attached hydrogen (secondary N) is 2. The molecule has 0 aromatic heterocycles. The highest BCUT2D eigenvalue weighted by atomic mass is 16.2. The van der Waals surface area contributed by atoms with E-state index in [4.69, 9.17) is 0 Å². The monoisotopic (exact) mass is 289 g/mol. The van der Waals surface area contributed by atoms with Crippen molar-refractivity contribution >= 4 is 17.6 Å². The van der Waals surface area contributed by atoms with Gasteiger partial charge in [0.15, 0.2) is 0 Å². The van der Waals surface area contributed by atoms with Gasteiger partial charge in [-0.05, 0) is 37.5 Å². The second-order valence-electron chi connectivity index (χ2n) is 5.95. The molecule has 0 saturated heterocycles. The summed E-state index contributed by atoms with van der Waals surface area (Å²) < 4.78 is 0.